The van der Waals surface area contributed by atoms with Crippen molar-refractivity contribution in [3.8, 4) is 0 Å². The molecule has 0 aliphatic carbocycles. The van der Waals surface area contributed by atoms with Crippen molar-refractivity contribution in [1.82, 2.24) is 10.3 Å². The largest absolute Gasteiger partial charge is 0.391 e. The number of pyridine rings is 1. The summed E-state index contributed by atoms with van der Waals surface area (Å²) in [4.78, 5) is 4.31. The number of rotatable bonds is 7. The van der Waals surface area contributed by atoms with Crippen LogP contribution in [0.1, 0.15) is 31.7 Å². The predicted octanol–water partition coefficient (Wildman–Crippen LogP) is 3.05. The molecule has 0 fully saturated rings. The summed E-state index contributed by atoms with van der Waals surface area (Å²) in [6, 6.07) is 5.79. The highest BCUT2D eigenvalue weighted by atomic mass is 19.4. The molecule has 0 atom stereocenters. The van der Waals surface area contributed by atoms with E-state index in [1.807, 2.05) is 26.0 Å². The first-order valence-electron chi connectivity index (χ1n) is 6.19. The molecule has 0 radical (unpaired) electrons. The van der Waals surface area contributed by atoms with Gasteiger partial charge in [0.15, 0.2) is 0 Å². The van der Waals surface area contributed by atoms with Crippen molar-refractivity contribution >= 4 is 0 Å². The summed E-state index contributed by atoms with van der Waals surface area (Å²) in [5.41, 5.74) is 1.50. The number of nitrogens with one attached hydrogen (secondary N) is 1. The van der Waals surface area contributed by atoms with E-state index in [2.05, 4.69) is 10.3 Å². The van der Waals surface area contributed by atoms with Crippen LogP contribution in [-0.2, 0) is 17.9 Å². The third-order valence-corrected chi connectivity index (χ3v) is 2.34. The monoisotopic (exact) mass is 276 g/mol. The second-order valence-electron chi connectivity index (χ2n) is 4.57. The van der Waals surface area contributed by atoms with Crippen LogP contribution in [0.3, 0.4) is 0 Å². The standard InChI is InChI=1S/C13H19F3N2O/c1-10(2)17-8-11-4-3-5-12(18-11)9-19-7-6-13(14,15)16/h3-5,10,17H,6-9H2,1-2H3. The Balaban J connectivity index is 2.35. The van der Waals surface area contributed by atoms with Gasteiger partial charge in [0, 0.05) is 12.6 Å². The molecule has 0 spiro atoms. The number of halogens is 3. The molecule has 108 valence electrons. The smallest absolute Gasteiger partial charge is 0.375 e. The maximum Gasteiger partial charge on any atom is 0.391 e. The molecule has 1 aromatic rings. The van der Waals surface area contributed by atoms with Gasteiger partial charge >= 0.3 is 6.18 Å². The first-order valence-corrected chi connectivity index (χ1v) is 6.19. The van der Waals surface area contributed by atoms with E-state index in [1.165, 1.54) is 0 Å². The van der Waals surface area contributed by atoms with E-state index in [1.54, 1.807) is 6.07 Å². The fourth-order valence-corrected chi connectivity index (χ4v) is 1.38. The average molecular weight is 276 g/mol. The van der Waals surface area contributed by atoms with Gasteiger partial charge in [0.05, 0.1) is 31.0 Å². The highest BCUT2D eigenvalue weighted by molar-refractivity contribution is 5.10. The summed E-state index contributed by atoms with van der Waals surface area (Å²) in [7, 11) is 0. The van der Waals surface area contributed by atoms with E-state index < -0.39 is 12.6 Å². The SMILES string of the molecule is CC(C)NCc1cccc(COCCC(F)(F)F)n1. The molecule has 0 saturated carbocycles. The Morgan fingerprint density at radius 1 is 1.26 bits per heavy atom. The lowest BCUT2D eigenvalue weighted by molar-refractivity contribution is -0.146. The minimum Gasteiger partial charge on any atom is -0.375 e. The molecule has 1 heterocycles. The van der Waals surface area contributed by atoms with Crippen LogP contribution in [0.25, 0.3) is 0 Å². The Morgan fingerprint density at radius 2 is 1.95 bits per heavy atom. The minimum atomic E-state index is -4.17. The van der Waals surface area contributed by atoms with Gasteiger partial charge in [0.25, 0.3) is 0 Å². The van der Waals surface area contributed by atoms with Gasteiger partial charge in [-0.2, -0.15) is 13.2 Å². The molecule has 1 aromatic heterocycles. The molecule has 0 aliphatic heterocycles. The normalized spacial score (nSPS) is 12.1. The van der Waals surface area contributed by atoms with Gasteiger partial charge in [-0.15, -0.1) is 0 Å². The van der Waals surface area contributed by atoms with Crippen molar-refractivity contribution in [3.63, 3.8) is 0 Å². The Labute approximate surface area is 111 Å². The molecule has 0 aliphatic rings. The lowest BCUT2D eigenvalue weighted by Crippen LogP contribution is -2.22. The van der Waals surface area contributed by atoms with Crippen LogP contribution in [-0.4, -0.2) is 23.8 Å². The Bertz CT molecular complexity index is 380. The van der Waals surface area contributed by atoms with E-state index in [9.17, 15) is 13.2 Å². The van der Waals surface area contributed by atoms with Gasteiger partial charge in [-0.05, 0) is 12.1 Å². The van der Waals surface area contributed by atoms with Crippen molar-refractivity contribution in [2.75, 3.05) is 6.61 Å². The first kappa shape index (κ1) is 15.9. The van der Waals surface area contributed by atoms with Crippen LogP contribution >= 0.6 is 0 Å². The summed E-state index contributed by atoms with van der Waals surface area (Å²) >= 11 is 0. The molecular formula is C13H19F3N2O. The molecule has 1 N–H and O–H groups in total. The second-order valence-corrected chi connectivity index (χ2v) is 4.57. The number of aromatic nitrogens is 1. The predicted molar refractivity (Wildman–Crippen MR) is 66.5 cm³/mol. The van der Waals surface area contributed by atoms with Gasteiger partial charge in [-0.25, -0.2) is 0 Å². The number of nitrogens with zero attached hydrogens (tertiary/aromatic N) is 1. The highest BCUT2D eigenvalue weighted by Crippen LogP contribution is 2.19. The summed E-state index contributed by atoms with van der Waals surface area (Å²) in [5.74, 6) is 0. The molecule has 0 amide bonds. The fraction of sp³-hybridized carbons (Fsp3) is 0.615. The molecule has 3 nitrogen and oxygen atoms in total. The van der Waals surface area contributed by atoms with Crippen molar-refractivity contribution in [3.05, 3.63) is 29.6 Å². The molecule has 19 heavy (non-hydrogen) atoms. The molecule has 0 aromatic carbocycles. The lowest BCUT2D eigenvalue weighted by Gasteiger charge is -2.09. The molecule has 0 unspecified atom stereocenters. The van der Waals surface area contributed by atoms with Crippen molar-refractivity contribution in [2.24, 2.45) is 0 Å². The number of hydrogen-bond acceptors (Lipinski definition) is 3. The topological polar surface area (TPSA) is 34.1 Å². The van der Waals surface area contributed by atoms with E-state index >= 15 is 0 Å². The van der Waals surface area contributed by atoms with E-state index in [4.69, 9.17) is 4.74 Å². The number of alkyl halides is 3. The van der Waals surface area contributed by atoms with Crippen LogP contribution in [0.4, 0.5) is 13.2 Å². The van der Waals surface area contributed by atoms with Gasteiger partial charge in [0.2, 0.25) is 0 Å². The van der Waals surface area contributed by atoms with Crippen LogP contribution in [0, 0.1) is 0 Å². The summed E-state index contributed by atoms with van der Waals surface area (Å²) in [6.45, 7) is 4.47. The maximum absolute atomic E-state index is 11.9. The van der Waals surface area contributed by atoms with Crippen molar-refractivity contribution < 1.29 is 17.9 Å². The van der Waals surface area contributed by atoms with Crippen LogP contribution < -0.4 is 5.32 Å². The van der Waals surface area contributed by atoms with Crippen LogP contribution in [0.15, 0.2) is 18.2 Å². The Kier molecular flexibility index (Phi) is 6.24. The summed E-state index contributed by atoms with van der Waals surface area (Å²) < 4.78 is 40.7. The molecule has 6 heteroatoms. The van der Waals surface area contributed by atoms with Gasteiger partial charge in [0.1, 0.15) is 0 Å². The minimum absolute atomic E-state index is 0.103. The third kappa shape index (κ3) is 7.79. The average Bonchev–Trinajstić information content (AvgIpc) is 2.32. The maximum atomic E-state index is 11.9. The Hall–Kier alpha value is -1.14. The molecule has 0 bridgehead atoms. The number of hydrogen-bond donors (Lipinski definition) is 1. The van der Waals surface area contributed by atoms with Crippen molar-refractivity contribution in [2.45, 2.75) is 45.6 Å². The zero-order chi connectivity index (χ0) is 14.3. The van der Waals surface area contributed by atoms with Crippen LogP contribution in [0.2, 0.25) is 0 Å². The first-order chi connectivity index (χ1) is 8.87. The summed E-state index contributed by atoms with van der Waals surface area (Å²) in [5, 5.41) is 3.22. The van der Waals surface area contributed by atoms with Gasteiger partial charge < -0.3 is 10.1 Å². The fourth-order valence-electron chi connectivity index (χ4n) is 1.38. The van der Waals surface area contributed by atoms with E-state index in [0.29, 0.717) is 18.3 Å². The second kappa shape index (κ2) is 7.45. The van der Waals surface area contributed by atoms with Gasteiger partial charge in [-0.1, -0.05) is 19.9 Å². The highest BCUT2D eigenvalue weighted by Gasteiger charge is 2.26. The van der Waals surface area contributed by atoms with E-state index in [-0.39, 0.29) is 13.2 Å². The molecular weight excluding hydrogens is 257 g/mol. The summed E-state index contributed by atoms with van der Waals surface area (Å²) in [6.07, 6.45) is -5.10. The number of ether oxygens (including phenoxy) is 1. The zero-order valence-corrected chi connectivity index (χ0v) is 11.1. The lowest BCUT2D eigenvalue weighted by atomic mass is 10.3. The van der Waals surface area contributed by atoms with E-state index in [0.717, 1.165) is 5.69 Å². The Morgan fingerprint density at radius 3 is 2.58 bits per heavy atom. The van der Waals surface area contributed by atoms with Gasteiger partial charge in [-0.3, -0.25) is 4.98 Å². The van der Waals surface area contributed by atoms with Crippen molar-refractivity contribution in [1.29, 1.82) is 0 Å². The molecule has 1 rings (SSSR count). The van der Waals surface area contributed by atoms with Crippen LogP contribution in [0.5, 0.6) is 0 Å². The third-order valence-electron chi connectivity index (χ3n) is 2.34. The quantitative estimate of drug-likeness (QED) is 0.777. The zero-order valence-electron chi connectivity index (χ0n) is 11.1. The molecule has 0 saturated heterocycles.